The first-order chi connectivity index (χ1) is 30.9. The molecule has 0 aliphatic carbocycles. The van der Waals surface area contributed by atoms with Gasteiger partial charge in [-0.1, -0.05) is 32.6 Å². The third-order valence-electron chi connectivity index (χ3n) is 9.69. The molecular formula is C51H57N3O9. The number of unbranched alkanes of at least 4 members (excludes halogenated alkanes) is 8. The van der Waals surface area contributed by atoms with Gasteiger partial charge in [0.2, 0.25) is 0 Å². The second kappa shape index (κ2) is 27.2. The third-order valence-corrected chi connectivity index (χ3v) is 9.69. The van der Waals surface area contributed by atoms with Crippen molar-refractivity contribution >= 4 is 23.3 Å². The molecular weight excluding hydrogens is 799 g/mol. The van der Waals surface area contributed by atoms with Crippen molar-refractivity contribution in [3.63, 3.8) is 0 Å². The Bertz CT molecular complexity index is 2180. The van der Waals surface area contributed by atoms with Crippen LogP contribution in [0.5, 0.6) is 34.5 Å². The van der Waals surface area contributed by atoms with Crippen molar-refractivity contribution in [2.45, 2.75) is 77.6 Å². The summed E-state index contributed by atoms with van der Waals surface area (Å²) < 4.78 is 39.9. The average molecular weight is 856 g/mol. The van der Waals surface area contributed by atoms with E-state index in [1.807, 2.05) is 72.8 Å². The first kappa shape index (κ1) is 47.2. The fraction of sp³-hybridized carbons (Fsp3) is 0.353. The predicted molar refractivity (Wildman–Crippen MR) is 241 cm³/mol. The van der Waals surface area contributed by atoms with Crippen molar-refractivity contribution in [3.8, 4) is 40.6 Å². The molecule has 0 radical (unpaired) electrons. The minimum Gasteiger partial charge on any atom is -0.494 e. The first-order valence-electron chi connectivity index (χ1n) is 21.7. The lowest BCUT2D eigenvalue weighted by Crippen LogP contribution is -2.10. The summed E-state index contributed by atoms with van der Waals surface area (Å²) in [5.41, 5.74) is 2.31. The molecule has 0 aliphatic heterocycles. The van der Waals surface area contributed by atoms with E-state index < -0.39 is 11.9 Å². The van der Waals surface area contributed by atoms with Gasteiger partial charge in [0.15, 0.2) is 0 Å². The zero-order valence-corrected chi connectivity index (χ0v) is 36.3. The van der Waals surface area contributed by atoms with Crippen molar-refractivity contribution in [1.82, 2.24) is 0 Å². The number of carbonyl (C=O) groups is 2. The van der Waals surface area contributed by atoms with Gasteiger partial charge in [-0.25, -0.2) is 9.59 Å². The lowest BCUT2D eigenvalue weighted by Gasteiger charge is -2.11. The number of hydrogen-bond donors (Lipinski definition) is 0. The largest absolute Gasteiger partial charge is 0.494 e. The van der Waals surface area contributed by atoms with E-state index in [1.165, 1.54) is 38.9 Å². The van der Waals surface area contributed by atoms with Crippen molar-refractivity contribution < 1.29 is 42.7 Å². The summed E-state index contributed by atoms with van der Waals surface area (Å²) in [4.78, 5) is 25.3. The quantitative estimate of drug-likeness (QED) is 0.0270. The lowest BCUT2D eigenvalue weighted by atomic mass is 10.1. The maximum Gasteiger partial charge on any atom is 0.338 e. The van der Waals surface area contributed by atoms with Crippen molar-refractivity contribution in [2.75, 3.05) is 40.1 Å². The van der Waals surface area contributed by atoms with Crippen LogP contribution in [0, 0.1) is 11.3 Å². The highest BCUT2D eigenvalue weighted by Gasteiger charge is 2.15. The van der Waals surface area contributed by atoms with Gasteiger partial charge in [0.05, 0.1) is 74.3 Å². The molecule has 5 aromatic rings. The molecule has 12 heteroatoms. The number of rotatable bonds is 28. The average Bonchev–Trinajstić information content (AvgIpc) is 3.32. The molecule has 5 rings (SSSR count). The van der Waals surface area contributed by atoms with Gasteiger partial charge < -0.3 is 33.2 Å². The van der Waals surface area contributed by atoms with Crippen LogP contribution in [0.1, 0.15) is 104 Å². The van der Waals surface area contributed by atoms with Crippen LogP contribution in [0.15, 0.2) is 125 Å². The van der Waals surface area contributed by atoms with Crippen LogP contribution in [-0.2, 0) is 9.47 Å². The number of nitriles is 1. The van der Waals surface area contributed by atoms with Crippen molar-refractivity contribution in [2.24, 2.45) is 10.2 Å². The molecule has 0 fully saturated rings. The Kier molecular flexibility index (Phi) is 20.3. The van der Waals surface area contributed by atoms with Crippen molar-refractivity contribution in [1.29, 1.82) is 5.26 Å². The van der Waals surface area contributed by atoms with E-state index in [4.69, 9.17) is 38.4 Å². The molecule has 0 N–H and O–H groups in total. The normalized spacial score (nSPS) is 10.8. The van der Waals surface area contributed by atoms with Crippen LogP contribution in [0.4, 0.5) is 11.4 Å². The van der Waals surface area contributed by atoms with Crippen molar-refractivity contribution in [3.05, 3.63) is 132 Å². The molecule has 0 unspecified atom stereocenters. The van der Waals surface area contributed by atoms with Crippen LogP contribution < -0.4 is 23.7 Å². The minimum absolute atomic E-state index is 0.200. The Labute approximate surface area is 370 Å². The highest BCUT2D eigenvalue weighted by atomic mass is 16.5. The SMILES string of the molecule is CCCCCCCOc1ccc(Oc2ccc(OCCCCCCOC(=O)c3cc(OCCCCOc4ccc(N=Nc5ccc(C#N)cc5)cc4)cc(C(=O)OC)c3)cc2)cc1. The highest BCUT2D eigenvalue weighted by molar-refractivity contribution is 5.96. The second-order valence-electron chi connectivity index (χ2n) is 14.7. The molecule has 0 aromatic heterocycles. The Hall–Kier alpha value is -6.87. The fourth-order valence-electron chi connectivity index (χ4n) is 6.18. The Morgan fingerprint density at radius 3 is 1.35 bits per heavy atom. The molecule has 0 amide bonds. The van der Waals surface area contributed by atoms with Crippen LogP contribution in [0.2, 0.25) is 0 Å². The molecule has 0 spiro atoms. The zero-order chi connectivity index (χ0) is 44.3. The second-order valence-corrected chi connectivity index (χ2v) is 14.7. The standard InChI is InChI=1S/C51H57N3O9/c1-3-4-5-6-9-30-58-45-22-26-47(27-23-45)63-48-28-24-46(25-29-48)59-31-10-7-8-11-34-62-51(56)41-35-40(50(55)57-2)36-49(37-41)61-33-13-12-32-60-44-20-18-43(19-21-44)54-53-42-16-14-39(38-52)15-17-42/h14-29,35-37H,3-13,30-34H2,1-2H3. The number of ether oxygens (including phenoxy) is 7. The fourth-order valence-corrected chi connectivity index (χ4v) is 6.18. The van der Waals surface area contributed by atoms with Gasteiger partial charge in [-0.2, -0.15) is 15.5 Å². The van der Waals surface area contributed by atoms with E-state index in [9.17, 15) is 9.59 Å². The Balaban J connectivity index is 0.927. The molecule has 0 heterocycles. The topological polar surface area (TPSA) is 147 Å². The van der Waals surface area contributed by atoms with Crippen LogP contribution in [-0.4, -0.2) is 52.1 Å². The number of benzene rings is 5. The molecule has 0 bridgehead atoms. The summed E-state index contributed by atoms with van der Waals surface area (Å²) in [5, 5.41) is 17.3. The first-order valence-corrected chi connectivity index (χ1v) is 21.7. The molecule has 330 valence electrons. The highest BCUT2D eigenvalue weighted by Crippen LogP contribution is 2.27. The van der Waals surface area contributed by atoms with Gasteiger partial charge in [0.1, 0.15) is 34.5 Å². The minimum atomic E-state index is -0.577. The molecule has 5 aromatic carbocycles. The van der Waals surface area contributed by atoms with Gasteiger partial charge >= 0.3 is 11.9 Å². The van der Waals surface area contributed by atoms with E-state index in [0.29, 0.717) is 67.5 Å². The molecule has 0 saturated heterocycles. The molecule has 0 saturated carbocycles. The number of esters is 2. The van der Waals surface area contributed by atoms with Gasteiger partial charge in [-0.05, 0) is 160 Å². The lowest BCUT2D eigenvalue weighted by molar-refractivity contribution is 0.0496. The van der Waals surface area contributed by atoms with E-state index in [1.54, 1.807) is 36.4 Å². The summed E-state index contributed by atoms with van der Waals surface area (Å²) in [5.74, 6) is 3.05. The number of azo groups is 1. The smallest absolute Gasteiger partial charge is 0.338 e. The van der Waals surface area contributed by atoms with Gasteiger partial charge in [0.25, 0.3) is 0 Å². The molecule has 12 nitrogen and oxygen atoms in total. The predicted octanol–water partition coefficient (Wildman–Crippen LogP) is 12.9. The molecule has 0 atom stereocenters. The third kappa shape index (κ3) is 17.6. The maximum absolute atomic E-state index is 13.0. The summed E-state index contributed by atoms with van der Waals surface area (Å²) in [7, 11) is 1.29. The molecule has 0 aliphatic rings. The summed E-state index contributed by atoms with van der Waals surface area (Å²) >= 11 is 0. The van der Waals surface area contributed by atoms with Crippen LogP contribution in [0.3, 0.4) is 0 Å². The monoisotopic (exact) mass is 855 g/mol. The van der Waals surface area contributed by atoms with Gasteiger partial charge in [-0.3, -0.25) is 0 Å². The number of methoxy groups -OCH3 is 1. The number of carbonyl (C=O) groups excluding carboxylic acids is 2. The number of hydrogen-bond acceptors (Lipinski definition) is 12. The van der Waals surface area contributed by atoms with E-state index in [-0.39, 0.29) is 17.7 Å². The van der Waals surface area contributed by atoms with Gasteiger partial charge in [-0.15, -0.1) is 0 Å². The van der Waals surface area contributed by atoms with E-state index in [0.717, 1.165) is 55.3 Å². The molecule has 63 heavy (non-hydrogen) atoms. The van der Waals surface area contributed by atoms with E-state index >= 15 is 0 Å². The number of nitrogens with zero attached hydrogens (tertiary/aromatic N) is 3. The summed E-state index contributed by atoms with van der Waals surface area (Å²) in [6.07, 6.45) is 10.8. The summed E-state index contributed by atoms with van der Waals surface area (Å²) in [6, 6.07) is 36.0. The summed E-state index contributed by atoms with van der Waals surface area (Å²) in [6.45, 7) is 4.59. The van der Waals surface area contributed by atoms with Crippen LogP contribution in [0.25, 0.3) is 0 Å². The van der Waals surface area contributed by atoms with E-state index in [2.05, 4.69) is 23.2 Å². The Morgan fingerprint density at radius 2 is 0.873 bits per heavy atom. The Morgan fingerprint density at radius 1 is 0.476 bits per heavy atom. The zero-order valence-electron chi connectivity index (χ0n) is 36.3. The van der Waals surface area contributed by atoms with Crippen LogP contribution >= 0.6 is 0 Å². The van der Waals surface area contributed by atoms with Gasteiger partial charge in [0, 0.05) is 0 Å². The maximum atomic E-state index is 13.0.